The van der Waals surface area contributed by atoms with Crippen LogP contribution in [0.25, 0.3) is 5.57 Å². The Morgan fingerprint density at radius 1 is 1.44 bits per heavy atom. The van der Waals surface area contributed by atoms with Crippen LogP contribution in [0.15, 0.2) is 60.7 Å². The summed E-state index contributed by atoms with van der Waals surface area (Å²) >= 11 is 1.58. The lowest BCUT2D eigenvalue weighted by atomic mass is 10.1. The highest BCUT2D eigenvalue weighted by molar-refractivity contribution is 7.11. The monoisotopic (exact) mass is 476 g/mol. The Kier molecular flexibility index (Phi) is 8.91. The van der Waals surface area contributed by atoms with Crippen LogP contribution in [-0.2, 0) is 4.79 Å². The Bertz CT molecular complexity index is 1140. The highest BCUT2D eigenvalue weighted by Gasteiger charge is 2.39. The Hall–Kier alpha value is -3.54. The zero-order valence-electron chi connectivity index (χ0n) is 19.1. The first-order valence-electron chi connectivity index (χ1n) is 11.1. The van der Waals surface area contributed by atoms with Gasteiger partial charge in [0.05, 0.1) is 33.8 Å². The maximum Gasteiger partial charge on any atom is 0.254 e. The number of benzene rings is 1. The van der Waals surface area contributed by atoms with Gasteiger partial charge in [-0.1, -0.05) is 30.4 Å². The van der Waals surface area contributed by atoms with Gasteiger partial charge < -0.3 is 15.3 Å². The van der Waals surface area contributed by atoms with Crippen LogP contribution in [0.3, 0.4) is 0 Å². The van der Waals surface area contributed by atoms with Crippen LogP contribution in [-0.4, -0.2) is 52.0 Å². The number of aromatic nitrogens is 1. The van der Waals surface area contributed by atoms with Crippen LogP contribution in [0.1, 0.15) is 45.8 Å². The number of carbonyl (C=O) groups is 2. The van der Waals surface area contributed by atoms with Crippen molar-refractivity contribution in [3.63, 3.8) is 0 Å². The van der Waals surface area contributed by atoms with Gasteiger partial charge in [0.1, 0.15) is 6.04 Å². The highest BCUT2D eigenvalue weighted by Crippen LogP contribution is 2.25. The number of nitrogens with one attached hydrogen (secondary N) is 1. The summed E-state index contributed by atoms with van der Waals surface area (Å²) < 4.78 is 0. The van der Waals surface area contributed by atoms with E-state index in [1.54, 1.807) is 29.5 Å². The standard InChI is InChI=1S/C26H28N4O3S/c1-3-4-9-20(24-18(2)29-17-34-24)10-5-6-12-28-25(32)23-14-22(31)16-30(23)26(33)21-11-7-8-19(13-21)15-27/h3,5,7-11,13,17,22-23,31H,1,4,6,12,14,16H2,2H3,(H,28,32)/b10-5-,20-9+/t22-,23+/m1/s1. The van der Waals surface area contributed by atoms with E-state index in [0.717, 1.165) is 22.6 Å². The molecule has 2 N–H and O–H groups in total. The van der Waals surface area contributed by atoms with Gasteiger partial charge in [-0.2, -0.15) is 5.26 Å². The Labute approximate surface area is 203 Å². The van der Waals surface area contributed by atoms with Gasteiger partial charge in [0.15, 0.2) is 0 Å². The molecule has 0 aliphatic carbocycles. The molecule has 1 aliphatic rings. The first-order chi connectivity index (χ1) is 16.4. The molecule has 1 aliphatic heterocycles. The lowest BCUT2D eigenvalue weighted by Gasteiger charge is -2.23. The first-order valence-corrected chi connectivity index (χ1v) is 12.0. The topological polar surface area (TPSA) is 106 Å². The van der Waals surface area contributed by atoms with Crippen LogP contribution in [0.4, 0.5) is 0 Å². The van der Waals surface area contributed by atoms with E-state index in [9.17, 15) is 14.7 Å². The van der Waals surface area contributed by atoms with Crippen molar-refractivity contribution >= 4 is 28.7 Å². The van der Waals surface area contributed by atoms with Crippen molar-refractivity contribution < 1.29 is 14.7 Å². The predicted molar refractivity (Wildman–Crippen MR) is 133 cm³/mol. The summed E-state index contributed by atoms with van der Waals surface area (Å²) in [6.45, 7) is 6.23. The third-order valence-corrected chi connectivity index (χ3v) is 6.48. The van der Waals surface area contributed by atoms with E-state index < -0.39 is 12.1 Å². The molecule has 8 heteroatoms. The van der Waals surface area contributed by atoms with E-state index in [1.807, 2.05) is 36.7 Å². The molecule has 34 heavy (non-hydrogen) atoms. The molecule has 1 aromatic heterocycles. The normalized spacial score (nSPS) is 18.1. The fourth-order valence-corrected chi connectivity index (χ4v) is 4.63. The largest absolute Gasteiger partial charge is 0.391 e. The summed E-state index contributed by atoms with van der Waals surface area (Å²) in [4.78, 5) is 32.6. The fraction of sp³-hybridized carbons (Fsp3) is 0.308. The number of hydrogen-bond acceptors (Lipinski definition) is 6. The number of allylic oxidation sites excluding steroid dienone is 4. The van der Waals surface area contributed by atoms with Crippen molar-refractivity contribution in [3.05, 3.63) is 82.4 Å². The van der Waals surface area contributed by atoms with E-state index in [2.05, 4.69) is 23.0 Å². The molecule has 2 atom stereocenters. The Balaban J connectivity index is 1.58. The molecule has 0 saturated carbocycles. The minimum atomic E-state index is -0.765. The van der Waals surface area contributed by atoms with Crippen LogP contribution in [0.5, 0.6) is 0 Å². The molecule has 2 heterocycles. The molecule has 7 nitrogen and oxygen atoms in total. The van der Waals surface area contributed by atoms with Gasteiger partial charge in [0, 0.05) is 25.1 Å². The molecule has 3 rings (SSSR count). The SMILES string of the molecule is C=CC/C=C(\C=C/CCNC(=O)[C@@H]1C[C@@H](O)CN1C(=O)c1cccc(C#N)c1)c1scnc1C. The maximum absolute atomic E-state index is 12.9. The average Bonchev–Trinajstić information content (AvgIpc) is 3.45. The maximum atomic E-state index is 12.9. The summed E-state index contributed by atoms with van der Waals surface area (Å²) in [7, 11) is 0. The average molecular weight is 477 g/mol. The number of hydrogen-bond donors (Lipinski definition) is 2. The van der Waals surface area contributed by atoms with Gasteiger partial charge in [0.2, 0.25) is 5.91 Å². The van der Waals surface area contributed by atoms with Gasteiger partial charge in [-0.15, -0.1) is 17.9 Å². The van der Waals surface area contributed by atoms with Crippen LogP contribution < -0.4 is 5.32 Å². The van der Waals surface area contributed by atoms with Gasteiger partial charge in [-0.3, -0.25) is 9.59 Å². The molecule has 1 aromatic carbocycles. The summed E-state index contributed by atoms with van der Waals surface area (Å²) in [6, 6.07) is 7.60. The number of carbonyl (C=O) groups excluding carboxylic acids is 2. The third-order valence-electron chi connectivity index (χ3n) is 5.50. The Morgan fingerprint density at radius 2 is 2.26 bits per heavy atom. The number of nitriles is 1. The van der Waals surface area contributed by atoms with Crippen LogP contribution in [0.2, 0.25) is 0 Å². The predicted octanol–water partition coefficient (Wildman–Crippen LogP) is 3.62. The van der Waals surface area contributed by atoms with E-state index in [4.69, 9.17) is 5.26 Å². The Morgan fingerprint density at radius 3 is 2.97 bits per heavy atom. The van der Waals surface area contributed by atoms with Crippen molar-refractivity contribution in [2.45, 2.75) is 38.3 Å². The van der Waals surface area contributed by atoms with Crippen LogP contribution >= 0.6 is 11.3 Å². The highest BCUT2D eigenvalue weighted by atomic mass is 32.1. The van der Waals surface area contributed by atoms with Gasteiger partial charge in [-0.05, 0) is 43.5 Å². The van der Waals surface area contributed by atoms with Gasteiger partial charge >= 0.3 is 0 Å². The molecule has 0 radical (unpaired) electrons. The lowest BCUT2D eigenvalue weighted by Crippen LogP contribution is -2.46. The van der Waals surface area contributed by atoms with Crippen LogP contribution in [0, 0.1) is 18.3 Å². The van der Waals surface area contributed by atoms with Crippen molar-refractivity contribution in [1.29, 1.82) is 5.26 Å². The second-order valence-corrected chi connectivity index (χ2v) is 8.84. The number of rotatable bonds is 9. The number of aliphatic hydroxyl groups is 1. The minimum Gasteiger partial charge on any atom is -0.391 e. The number of β-amino-alcohol motifs (C(OH)–C–C–N with tert-alkyl or cyclic N) is 1. The molecular formula is C26H28N4O3S. The van der Waals surface area contributed by atoms with Gasteiger partial charge in [-0.25, -0.2) is 4.98 Å². The second-order valence-electron chi connectivity index (χ2n) is 7.99. The van der Waals surface area contributed by atoms with E-state index in [-0.39, 0.29) is 24.8 Å². The summed E-state index contributed by atoms with van der Waals surface area (Å²) in [5, 5.41) is 22.1. The summed E-state index contributed by atoms with van der Waals surface area (Å²) in [5.74, 6) is -0.666. The zero-order chi connectivity index (χ0) is 24.5. The second kappa shape index (κ2) is 12.1. The third kappa shape index (κ3) is 6.28. The number of aryl methyl sites for hydroxylation is 1. The number of aliphatic hydroxyl groups excluding tert-OH is 1. The summed E-state index contributed by atoms with van der Waals surface area (Å²) in [5.41, 5.74) is 4.56. The molecule has 0 spiro atoms. The van der Waals surface area contributed by atoms with Crippen molar-refractivity contribution in [3.8, 4) is 6.07 Å². The molecule has 0 unspecified atom stereocenters. The molecular weight excluding hydrogens is 448 g/mol. The zero-order valence-corrected chi connectivity index (χ0v) is 19.9. The smallest absolute Gasteiger partial charge is 0.254 e. The molecule has 1 fully saturated rings. The number of nitrogens with zero attached hydrogens (tertiary/aromatic N) is 3. The van der Waals surface area contributed by atoms with Gasteiger partial charge in [0.25, 0.3) is 5.91 Å². The number of thiazole rings is 1. The molecule has 1 saturated heterocycles. The summed E-state index contributed by atoms with van der Waals surface area (Å²) in [6.07, 6.45) is 8.73. The lowest BCUT2D eigenvalue weighted by molar-refractivity contribution is -0.124. The molecule has 176 valence electrons. The number of amides is 2. The van der Waals surface area contributed by atoms with E-state index in [0.29, 0.717) is 24.1 Å². The first kappa shape index (κ1) is 25.1. The molecule has 2 amide bonds. The fourth-order valence-electron chi connectivity index (χ4n) is 3.81. The van der Waals surface area contributed by atoms with Crippen molar-refractivity contribution in [2.75, 3.05) is 13.1 Å². The molecule has 0 bridgehead atoms. The van der Waals surface area contributed by atoms with E-state index >= 15 is 0 Å². The number of likely N-dealkylation sites (tertiary alicyclic amines) is 1. The minimum absolute atomic E-state index is 0.0826. The van der Waals surface area contributed by atoms with Crippen molar-refractivity contribution in [2.24, 2.45) is 0 Å². The quantitative estimate of drug-likeness (QED) is 0.327. The molecule has 2 aromatic rings. The van der Waals surface area contributed by atoms with E-state index in [1.165, 1.54) is 11.0 Å². The van der Waals surface area contributed by atoms with Crippen molar-refractivity contribution in [1.82, 2.24) is 15.2 Å².